The van der Waals surface area contributed by atoms with Gasteiger partial charge in [-0.1, -0.05) is 12.1 Å². The molecule has 2 aromatic rings. The molecule has 0 bridgehead atoms. The molecule has 0 spiro atoms. The SMILES string of the molecule is N#Cc1ccc(-c2ccc(C#N)s2)cc1. The third-order valence-corrected chi connectivity index (χ3v) is 3.05. The molecule has 15 heavy (non-hydrogen) atoms. The van der Waals surface area contributed by atoms with Gasteiger partial charge in [-0.05, 0) is 29.8 Å². The van der Waals surface area contributed by atoms with Crippen molar-refractivity contribution in [1.29, 1.82) is 10.5 Å². The van der Waals surface area contributed by atoms with E-state index in [1.165, 1.54) is 11.3 Å². The van der Waals surface area contributed by atoms with E-state index in [4.69, 9.17) is 10.5 Å². The predicted molar refractivity (Wildman–Crippen MR) is 59.2 cm³/mol. The molecule has 0 unspecified atom stereocenters. The Morgan fingerprint density at radius 3 is 2.13 bits per heavy atom. The topological polar surface area (TPSA) is 47.6 Å². The summed E-state index contributed by atoms with van der Waals surface area (Å²) in [7, 11) is 0. The van der Waals surface area contributed by atoms with Crippen LogP contribution in [0.1, 0.15) is 10.4 Å². The monoisotopic (exact) mass is 210 g/mol. The molecule has 1 aromatic carbocycles. The van der Waals surface area contributed by atoms with E-state index in [2.05, 4.69) is 12.1 Å². The molecule has 0 radical (unpaired) electrons. The molecule has 2 rings (SSSR count). The van der Waals surface area contributed by atoms with Crippen molar-refractivity contribution in [3.05, 3.63) is 46.8 Å². The fourth-order valence-corrected chi connectivity index (χ4v) is 2.07. The van der Waals surface area contributed by atoms with Crippen molar-refractivity contribution in [2.45, 2.75) is 0 Å². The quantitative estimate of drug-likeness (QED) is 0.725. The highest BCUT2D eigenvalue weighted by atomic mass is 32.1. The Balaban J connectivity index is 2.39. The van der Waals surface area contributed by atoms with Crippen molar-refractivity contribution in [1.82, 2.24) is 0 Å². The van der Waals surface area contributed by atoms with Gasteiger partial charge in [0.05, 0.1) is 11.6 Å². The van der Waals surface area contributed by atoms with Crippen LogP contribution in [0.4, 0.5) is 0 Å². The summed E-state index contributed by atoms with van der Waals surface area (Å²) in [6.07, 6.45) is 0. The summed E-state index contributed by atoms with van der Waals surface area (Å²) < 4.78 is 0. The lowest BCUT2D eigenvalue weighted by Crippen LogP contribution is -1.74. The highest BCUT2D eigenvalue weighted by Crippen LogP contribution is 2.27. The van der Waals surface area contributed by atoms with Gasteiger partial charge in [-0.15, -0.1) is 11.3 Å². The first-order chi connectivity index (χ1) is 7.33. The molecular weight excluding hydrogens is 204 g/mol. The largest absolute Gasteiger partial charge is 0.192 e. The van der Waals surface area contributed by atoms with Crippen molar-refractivity contribution < 1.29 is 0 Å². The second kappa shape index (κ2) is 3.96. The van der Waals surface area contributed by atoms with Crippen molar-refractivity contribution in [3.8, 4) is 22.6 Å². The number of thiophene rings is 1. The van der Waals surface area contributed by atoms with E-state index in [9.17, 15) is 0 Å². The van der Waals surface area contributed by atoms with Crippen LogP contribution in [0.5, 0.6) is 0 Å². The first-order valence-corrected chi connectivity index (χ1v) is 5.15. The Hall–Kier alpha value is -2.10. The van der Waals surface area contributed by atoms with E-state index in [0.29, 0.717) is 10.4 Å². The molecular formula is C12H6N2S. The third-order valence-electron chi connectivity index (χ3n) is 2.01. The van der Waals surface area contributed by atoms with E-state index in [1.54, 1.807) is 18.2 Å². The summed E-state index contributed by atoms with van der Waals surface area (Å²) in [5, 5.41) is 17.3. The van der Waals surface area contributed by atoms with E-state index >= 15 is 0 Å². The van der Waals surface area contributed by atoms with Gasteiger partial charge in [-0.25, -0.2) is 0 Å². The van der Waals surface area contributed by atoms with Gasteiger partial charge in [0.2, 0.25) is 0 Å². The number of hydrogen-bond donors (Lipinski definition) is 0. The molecule has 1 heterocycles. The Kier molecular flexibility index (Phi) is 2.49. The second-order valence-electron chi connectivity index (χ2n) is 2.96. The second-order valence-corrected chi connectivity index (χ2v) is 4.05. The molecule has 0 aliphatic carbocycles. The van der Waals surface area contributed by atoms with Crippen LogP contribution in [-0.4, -0.2) is 0 Å². The number of hydrogen-bond acceptors (Lipinski definition) is 3. The van der Waals surface area contributed by atoms with Gasteiger partial charge in [0.15, 0.2) is 0 Å². The van der Waals surface area contributed by atoms with Gasteiger partial charge in [0.25, 0.3) is 0 Å². The molecule has 70 valence electrons. The smallest absolute Gasteiger partial charge is 0.110 e. The lowest BCUT2D eigenvalue weighted by Gasteiger charge is -1.95. The summed E-state index contributed by atoms with van der Waals surface area (Å²) >= 11 is 1.46. The van der Waals surface area contributed by atoms with Gasteiger partial charge in [-0.2, -0.15) is 10.5 Å². The maximum atomic E-state index is 8.70. The minimum atomic E-state index is 0.649. The minimum absolute atomic E-state index is 0.649. The van der Waals surface area contributed by atoms with Crippen molar-refractivity contribution in [3.63, 3.8) is 0 Å². The fourth-order valence-electron chi connectivity index (χ4n) is 1.26. The lowest BCUT2D eigenvalue weighted by molar-refractivity contribution is 1.49. The molecule has 0 aliphatic rings. The fraction of sp³-hybridized carbons (Fsp3) is 0. The van der Waals surface area contributed by atoms with E-state index in [1.807, 2.05) is 18.2 Å². The third kappa shape index (κ3) is 1.88. The number of rotatable bonds is 1. The predicted octanol–water partition coefficient (Wildman–Crippen LogP) is 3.16. The molecule has 0 saturated carbocycles. The van der Waals surface area contributed by atoms with Gasteiger partial charge < -0.3 is 0 Å². The Labute approximate surface area is 91.6 Å². The van der Waals surface area contributed by atoms with E-state index in [0.717, 1.165) is 10.4 Å². The minimum Gasteiger partial charge on any atom is -0.192 e. The summed E-state index contributed by atoms with van der Waals surface area (Å²) in [6, 6.07) is 15.3. The van der Waals surface area contributed by atoms with Gasteiger partial charge in [0, 0.05) is 4.88 Å². The summed E-state index contributed by atoms with van der Waals surface area (Å²) in [5.74, 6) is 0. The Morgan fingerprint density at radius 2 is 1.60 bits per heavy atom. The van der Waals surface area contributed by atoms with E-state index in [-0.39, 0.29) is 0 Å². The number of nitrogens with zero attached hydrogens (tertiary/aromatic N) is 2. The zero-order chi connectivity index (χ0) is 10.7. The van der Waals surface area contributed by atoms with Crippen LogP contribution >= 0.6 is 11.3 Å². The van der Waals surface area contributed by atoms with Gasteiger partial charge in [-0.3, -0.25) is 0 Å². The Morgan fingerprint density at radius 1 is 0.867 bits per heavy atom. The van der Waals surface area contributed by atoms with Gasteiger partial charge in [0.1, 0.15) is 10.9 Å². The highest BCUT2D eigenvalue weighted by molar-refractivity contribution is 7.16. The van der Waals surface area contributed by atoms with Crippen molar-refractivity contribution in [2.75, 3.05) is 0 Å². The summed E-state index contributed by atoms with van der Waals surface area (Å²) in [4.78, 5) is 1.75. The average Bonchev–Trinajstić information content (AvgIpc) is 2.78. The number of benzene rings is 1. The average molecular weight is 210 g/mol. The van der Waals surface area contributed by atoms with Crippen LogP contribution in [0, 0.1) is 22.7 Å². The molecule has 0 aliphatic heterocycles. The highest BCUT2D eigenvalue weighted by Gasteiger charge is 2.01. The molecule has 0 atom stereocenters. The zero-order valence-electron chi connectivity index (χ0n) is 7.77. The first kappa shape index (κ1) is 9.45. The van der Waals surface area contributed by atoms with Crippen LogP contribution in [-0.2, 0) is 0 Å². The molecule has 3 heteroatoms. The molecule has 0 amide bonds. The molecule has 1 aromatic heterocycles. The Bertz CT molecular complexity index is 553. The molecule has 0 fully saturated rings. The maximum Gasteiger partial charge on any atom is 0.110 e. The summed E-state index contributed by atoms with van der Waals surface area (Å²) in [5.41, 5.74) is 1.69. The lowest BCUT2D eigenvalue weighted by atomic mass is 10.1. The van der Waals surface area contributed by atoms with Crippen LogP contribution in [0.25, 0.3) is 10.4 Å². The number of nitriles is 2. The summed E-state index contributed by atoms with van der Waals surface area (Å²) in [6.45, 7) is 0. The standard InChI is InChI=1S/C12H6N2S/c13-7-9-1-3-10(4-2-9)12-6-5-11(8-14)15-12/h1-6H. The zero-order valence-corrected chi connectivity index (χ0v) is 8.58. The van der Waals surface area contributed by atoms with Crippen LogP contribution in [0.15, 0.2) is 36.4 Å². The van der Waals surface area contributed by atoms with E-state index < -0.39 is 0 Å². The van der Waals surface area contributed by atoms with Crippen molar-refractivity contribution >= 4 is 11.3 Å². The molecule has 0 saturated heterocycles. The van der Waals surface area contributed by atoms with Gasteiger partial charge >= 0.3 is 0 Å². The normalized spacial score (nSPS) is 9.20. The van der Waals surface area contributed by atoms with Crippen LogP contribution < -0.4 is 0 Å². The maximum absolute atomic E-state index is 8.70. The first-order valence-electron chi connectivity index (χ1n) is 4.34. The molecule has 2 nitrogen and oxygen atoms in total. The van der Waals surface area contributed by atoms with Crippen molar-refractivity contribution in [2.24, 2.45) is 0 Å². The molecule has 0 N–H and O–H groups in total. The van der Waals surface area contributed by atoms with Crippen LogP contribution in [0.2, 0.25) is 0 Å². The van der Waals surface area contributed by atoms with Crippen LogP contribution in [0.3, 0.4) is 0 Å².